The van der Waals surface area contributed by atoms with E-state index in [2.05, 4.69) is 67.9 Å². The summed E-state index contributed by atoms with van der Waals surface area (Å²) in [6, 6.07) is 14.3. The maximum Gasteiger partial charge on any atom is 0.0416 e. The van der Waals surface area contributed by atoms with Crippen LogP contribution in [0.5, 0.6) is 0 Å². The summed E-state index contributed by atoms with van der Waals surface area (Å²) in [5, 5.41) is 5.99. The predicted octanol–water partition coefficient (Wildman–Crippen LogP) is 5.51. The van der Waals surface area contributed by atoms with Crippen molar-refractivity contribution in [2.45, 2.75) is 58.5 Å². The molecule has 1 aromatic carbocycles. The summed E-state index contributed by atoms with van der Waals surface area (Å²) in [6.45, 7) is 6.74. The molecule has 1 N–H and O–H groups in total. The Morgan fingerprint density at radius 3 is 2.67 bits per heavy atom. The zero-order chi connectivity index (χ0) is 15.1. The molecule has 0 bridgehead atoms. The smallest absolute Gasteiger partial charge is 0.0416 e. The molecule has 0 aliphatic carbocycles. The highest BCUT2D eigenvalue weighted by molar-refractivity contribution is 7.10. The number of hydrogen-bond acceptors (Lipinski definition) is 2. The number of hydrogen-bond donors (Lipinski definition) is 1. The Labute approximate surface area is 133 Å². The van der Waals surface area contributed by atoms with Gasteiger partial charge in [0.05, 0.1) is 0 Å². The number of benzene rings is 1. The first kappa shape index (κ1) is 16.3. The van der Waals surface area contributed by atoms with Gasteiger partial charge in [-0.15, -0.1) is 11.3 Å². The zero-order valence-corrected chi connectivity index (χ0v) is 14.2. The first-order valence-electron chi connectivity index (χ1n) is 8.04. The van der Waals surface area contributed by atoms with Crippen molar-refractivity contribution in [2.75, 3.05) is 0 Å². The van der Waals surface area contributed by atoms with Gasteiger partial charge in [-0.3, -0.25) is 0 Å². The third-order valence-corrected chi connectivity index (χ3v) is 4.88. The molecular weight excluding hydrogens is 274 g/mol. The van der Waals surface area contributed by atoms with Crippen molar-refractivity contribution in [1.29, 1.82) is 0 Å². The van der Waals surface area contributed by atoms with Crippen LogP contribution in [0.1, 0.15) is 55.2 Å². The van der Waals surface area contributed by atoms with Crippen molar-refractivity contribution in [3.63, 3.8) is 0 Å². The fourth-order valence-corrected chi connectivity index (χ4v) is 3.59. The minimum atomic E-state index is 0.516. The average Bonchev–Trinajstić information content (AvgIpc) is 2.99. The lowest BCUT2D eigenvalue weighted by atomic mass is 10.0. The van der Waals surface area contributed by atoms with Gasteiger partial charge in [0.2, 0.25) is 0 Å². The van der Waals surface area contributed by atoms with Gasteiger partial charge in [0.1, 0.15) is 0 Å². The van der Waals surface area contributed by atoms with E-state index < -0.39 is 0 Å². The molecule has 2 unspecified atom stereocenters. The van der Waals surface area contributed by atoms with E-state index in [1.807, 2.05) is 11.3 Å². The summed E-state index contributed by atoms with van der Waals surface area (Å²) in [4.78, 5) is 1.47. The van der Waals surface area contributed by atoms with Crippen LogP contribution in [0.25, 0.3) is 0 Å². The zero-order valence-electron chi connectivity index (χ0n) is 13.4. The summed E-state index contributed by atoms with van der Waals surface area (Å²) in [6.07, 6.45) is 4.78. The monoisotopic (exact) mass is 301 g/mol. The predicted molar refractivity (Wildman–Crippen MR) is 94.1 cm³/mol. The number of aryl methyl sites for hydroxylation is 2. The second-order valence-electron chi connectivity index (χ2n) is 5.95. The lowest BCUT2D eigenvalue weighted by Crippen LogP contribution is -2.30. The summed E-state index contributed by atoms with van der Waals surface area (Å²) in [7, 11) is 0. The minimum Gasteiger partial charge on any atom is -0.307 e. The fourth-order valence-electron chi connectivity index (χ4n) is 2.76. The van der Waals surface area contributed by atoms with Crippen LogP contribution >= 0.6 is 11.3 Å². The third-order valence-electron chi connectivity index (χ3n) is 3.90. The number of nitrogens with one attached hydrogen (secondary N) is 1. The summed E-state index contributed by atoms with van der Waals surface area (Å²) in [5.41, 5.74) is 2.81. The molecule has 0 saturated carbocycles. The molecule has 2 aromatic rings. The van der Waals surface area contributed by atoms with E-state index in [0.717, 1.165) is 6.42 Å². The fraction of sp³-hybridized carbons (Fsp3) is 0.474. The Morgan fingerprint density at radius 2 is 2.00 bits per heavy atom. The highest BCUT2D eigenvalue weighted by Gasteiger charge is 2.14. The largest absolute Gasteiger partial charge is 0.307 e. The summed E-state index contributed by atoms with van der Waals surface area (Å²) < 4.78 is 0. The molecule has 0 spiro atoms. The molecule has 0 amide bonds. The van der Waals surface area contributed by atoms with Crippen LogP contribution in [0.3, 0.4) is 0 Å². The molecule has 0 aliphatic rings. The lowest BCUT2D eigenvalue weighted by molar-refractivity contribution is 0.419. The molecule has 0 aliphatic heterocycles. The van der Waals surface area contributed by atoms with E-state index in [4.69, 9.17) is 0 Å². The van der Waals surface area contributed by atoms with E-state index in [9.17, 15) is 0 Å². The molecule has 2 atom stereocenters. The third kappa shape index (κ3) is 5.29. The molecule has 21 heavy (non-hydrogen) atoms. The Hall–Kier alpha value is -1.12. The quantitative estimate of drug-likeness (QED) is 0.678. The highest BCUT2D eigenvalue weighted by atomic mass is 32.1. The van der Waals surface area contributed by atoms with E-state index in [-0.39, 0.29) is 0 Å². The second kappa shape index (κ2) is 8.35. The van der Waals surface area contributed by atoms with E-state index in [1.54, 1.807) is 0 Å². The summed E-state index contributed by atoms with van der Waals surface area (Å²) >= 11 is 1.87. The van der Waals surface area contributed by atoms with E-state index in [1.165, 1.54) is 35.3 Å². The Balaban J connectivity index is 1.86. The van der Waals surface area contributed by atoms with Crippen molar-refractivity contribution in [3.05, 3.63) is 57.8 Å². The number of rotatable bonds is 8. The van der Waals surface area contributed by atoms with Gasteiger partial charge in [0.15, 0.2) is 0 Å². The first-order valence-corrected chi connectivity index (χ1v) is 8.92. The van der Waals surface area contributed by atoms with Crippen LogP contribution in [-0.4, -0.2) is 6.04 Å². The molecule has 2 rings (SSSR count). The number of thiophene rings is 1. The molecule has 0 radical (unpaired) electrons. The standard InChI is InChI=1S/C19H27NS/c1-4-7-18(19-10-6-13-21-19)20-16(3)11-12-17-9-5-8-15(2)14-17/h5-6,8-10,13-14,16,18,20H,4,7,11-12H2,1-3H3. The van der Waals surface area contributed by atoms with Crippen molar-refractivity contribution >= 4 is 11.3 Å². The van der Waals surface area contributed by atoms with Crippen LogP contribution in [0.4, 0.5) is 0 Å². The second-order valence-corrected chi connectivity index (χ2v) is 6.93. The van der Waals surface area contributed by atoms with E-state index >= 15 is 0 Å². The van der Waals surface area contributed by atoms with Gasteiger partial charge in [0, 0.05) is 17.0 Å². The van der Waals surface area contributed by atoms with Crippen molar-refractivity contribution in [2.24, 2.45) is 0 Å². The van der Waals surface area contributed by atoms with Crippen molar-refractivity contribution < 1.29 is 0 Å². The first-order chi connectivity index (χ1) is 10.2. The van der Waals surface area contributed by atoms with Gasteiger partial charge in [-0.1, -0.05) is 49.2 Å². The van der Waals surface area contributed by atoms with Crippen LogP contribution < -0.4 is 5.32 Å². The molecule has 1 heterocycles. The normalized spacial score (nSPS) is 14.0. The summed E-state index contributed by atoms with van der Waals surface area (Å²) in [5.74, 6) is 0. The van der Waals surface area contributed by atoms with Crippen molar-refractivity contribution in [3.8, 4) is 0 Å². The van der Waals surface area contributed by atoms with Crippen LogP contribution in [0.2, 0.25) is 0 Å². The Bertz CT molecular complexity index is 518. The molecule has 114 valence electrons. The molecule has 0 fully saturated rings. The van der Waals surface area contributed by atoms with Crippen LogP contribution in [0.15, 0.2) is 41.8 Å². The van der Waals surface area contributed by atoms with Gasteiger partial charge in [-0.05, 0) is 50.1 Å². The SMILES string of the molecule is CCCC(NC(C)CCc1cccc(C)c1)c1cccs1. The van der Waals surface area contributed by atoms with Gasteiger partial charge in [0.25, 0.3) is 0 Å². The van der Waals surface area contributed by atoms with Crippen LogP contribution in [0, 0.1) is 6.92 Å². The molecule has 0 saturated heterocycles. The van der Waals surface area contributed by atoms with Crippen LogP contribution in [-0.2, 0) is 6.42 Å². The minimum absolute atomic E-state index is 0.516. The molecule has 2 heteroatoms. The van der Waals surface area contributed by atoms with Gasteiger partial charge in [-0.2, -0.15) is 0 Å². The van der Waals surface area contributed by atoms with Gasteiger partial charge < -0.3 is 5.32 Å². The topological polar surface area (TPSA) is 12.0 Å². The Kier molecular flexibility index (Phi) is 6.47. The highest BCUT2D eigenvalue weighted by Crippen LogP contribution is 2.24. The molecule has 1 aromatic heterocycles. The maximum absolute atomic E-state index is 3.82. The maximum atomic E-state index is 3.82. The van der Waals surface area contributed by atoms with Gasteiger partial charge >= 0.3 is 0 Å². The van der Waals surface area contributed by atoms with E-state index in [0.29, 0.717) is 12.1 Å². The van der Waals surface area contributed by atoms with Gasteiger partial charge in [-0.25, -0.2) is 0 Å². The lowest BCUT2D eigenvalue weighted by Gasteiger charge is -2.22. The Morgan fingerprint density at radius 1 is 1.14 bits per heavy atom. The van der Waals surface area contributed by atoms with Crippen molar-refractivity contribution in [1.82, 2.24) is 5.32 Å². The molecular formula is C19H27NS. The average molecular weight is 301 g/mol. The molecule has 1 nitrogen and oxygen atoms in total.